The van der Waals surface area contributed by atoms with Gasteiger partial charge in [-0.1, -0.05) is 80.0 Å². The van der Waals surface area contributed by atoms with Crippen LogP contribution in [0.2, 0.25) is 5.02 Å². The maximum atomic E-state index is 13.3. The maximum absolute atomic E-state index is 13.3. The SMILES string of the molecule is COC(=O)N[C@H](C(=O)OCOC(=O)C(O)C[C@@H](Cc1ccc(-c2cccc(Cl)c2)cc1)NC(=O)c1nn(-c2ccccc2)c(=O)[nH]1)C(C)C. The van der Waals surface area contributed by atoms with E-state index in [-0.39, 0.29) is 24.6 Å². The molecular formula is C34H36ClN5O9. The van der Waals surface area contributed by atoms with Crippen LogP contribution in [0.15, 0.2) is 83.7 Å². The molecule has 0 saturated heterocycles. The van der Waals surface area contributed by atoms with Crippen LogP contribution in [0.4, 0.5) is 4.79 Å². The molecule has 0 saturated carbocycles. The van der Waals surface area contributed by atoms with Gasteiger partial charge in [-0.05, 0) is 53.3 Å². The number of hydrogen-bond donors (Lipinski definition) is 4. The summed E-state index contributed by atoms with van der Waals surface area (Å²) in [5.41, 5.74) is 2.37. The van der Waals surface area contributed by atoms with Gasteiger partial charge in [0.1, 0.15) is 6.04 Å². The van der Waals surface area contributed by atoms with Crippen LogP contribution in [0.25, 0.3) is 16.8 Å². The first-order valence-corrected chi connectivity index (χ1v) is 15.6. The number of esters is 2. The Hall–Kier alpha value is -5.47. The van der Waals surface area contributed by atoms with Gasteiger partial charge in [0.2, 0.25) is 12.6 Å². The highest BCUT2D eigenvalue weighted by Gasteiger charge is 2.28. The van der Waals surface area contributed by atoms with Crippen molar-refractivity contribution in [1.82, 2.24) is 25.4 Å². The summed E-state index contributed by atoms with van der Waals surface area (Å²) in [4.78, 5) is 64.9. The van der Waals surface area contributed by atoms with Crippen molar-refractivity contribution in [3.63, 3.8) is 0 Å². The molecule has 14 nitrogen and oxygen atoms in total. The Kier molecular flexibility index (Phi) is 12.7. The number of para-hydroxylation sites is 1. The van der Waals surface area contributed by atoms with E-state index < -0.39 is 54.6 Å². The molecule has 0 aliphatic heterocycles. The van der Waals surface area contributed by atoms with E-state index in [1.165, 1.54) is 0 Å². The number of methoxy groups -OCH3 is 1. The Labute approximate surface area is 286 Å². The van der Waals surface area contributed by atoms with Gasteiger partial charge in [-0.25, -0.2) is 19.2 Å². The number of hydrogen-bond acceptors (Lipinski definition) is 10. The molecule has 1 aromatic heterocycles. The average molecular weight is 694 g/mol. The second-order valence-corrected chi connectivity index (χ2v) is 11.7. The third kappa shape index (κ3) is 10.3. The molecule has 4 aromatic rings. The topological polar surface area (TPSA) is 191 Å². The lowest BCUT2D eigenvalue weighted by Gasteiger charge is -2.22. The van der Waals surface area contributed by atoms with Crippen molar-refractivity contribution in [2.24, 2.45) is 5.92 Å². The molecule has 0 bridgehead atoms. The van der Waals surface area contributed by atoms with Gasteiger partial charge in [-0.3, -0.25) is 9.78 Å². The molecule has 4 N–H and O–H groups in total. The highest BCUT2D eigenvalue weighted by atomic mass is 35.5. The summed E-state index contributed by atoms with van der Waals surface area (Å²) in [5.74, 6) is -3.39. The number of ether oxygens (including phenoxy) is 3. The van der Waals surface area contributed by atoms with Crippen molar-refractivity contribution >= 4 is 35.5 Å². The largest absolute Gasteiger partial charge is 0.453 e. The van der Waals surface area contributed by atoms with Crippen molar-refractivity contribution in [3.05, 3.63) is 106 Å². The summed E-state index contributed by atoms with van der Waals surface area (Å²) in [7, 11) is 1.14. The number of carbonyl (C=O) groups is 4. The van der Waals surface area contributed by atoms with E-state index in [1.54, 1.807) is 50.2 Å². The fourth-order valence-electron chi connectivity index (χ4n) is 4.78. The number of nitrogens with zero attached hydrogens (tertiary/aromatic N) is 2. The Bertz CT molecular complexity index is 1810. The zero-order valence-electron chi connectivity index (χ0n) is 26.9. The monoisotopic (exact) mass is 693 g/mol. The van der Waals surface area contributed by atoms with E-state index in [2.05, 4.69) is 25.5 Å². The summed E-state index contributed by atoms with van der Waals surface area (Å²) in [6.45, 7) is 2.50. The van der Waals surface area contributed by atoms with E-state index in [9.17, 15) is 29.1 Å². The summed E-state index contributed by atoms with van der Waals surface area (Å²) < 4.78 is 15.5. The van der Waals surface area contributed by atoms with E-state index in [4.69, 9.17) is 21.1 Å². The fourth-order valence-corrected chi connectivity index (χ4v) is 4.98. The van der Waals surface area contributed by atoms with Crippen molar-refractivity contribution in [3.8, 4) is 16.8 Å². The van der Waals surface area contributed by atoms with Crippen LogP contribution < -0.4 is 16.3 Å². The van der Waals surface area contributed by atoms with Gasteiger partial charge in [0, 0.05) is 17.5 Å². The highest BCUT2D eigenvalue weighted by Crippen LogP contribution is 2.23. The molecule has 1 unspecified atom stereocenters. The standard InChI is InChI=1S/C34H36ClN5O9/c1-20(2)28(37-34(46)47-3)32(44)49-19-48-31(43)27(41)18-25(16-21-12-14-22(15-13-21)23-8-7-9-24(35)17-23)36-30(42)29-38-33(45)40(39-29)26-10-5-4-6-11-26/h4-15,17,20,25,27-28,41H,16,18-19H2,1-3H3,(H,36,42)(H,37,46)(H,38,39,45)/t25-,27?,28+/m1/s1. The van der Waals surface area contributed by atoms with Crippen molar-refractivity contribution in [1.29, 1.82) is 0 Å². The second-order valence-electron chi connectivity index (χ2n) is 11.3. The van der Waals surface area contributed by atoms with E-state index >= 15 is 0 Å². The minimum atomic E-state index is -1.75. The van der Waals surface area contributed by atoms with Gasteiger partial charge in [0.15, 0.2) is 6.10 Å². The zero-order valence-corrected chi connectivity index (χ0v) is 27.7. The third-order valence-corrected chi connectivity index (χ3v) is 7.56. The van der Waals surface area contributed by atoms with Gasteiger partial charge in [-0.2, -0.15) is 4.68 Å². The number of benzene rings is 3. The zero-order chi connectivity index (χ0) is 35.5. The van der Waals surface area contributed by atoms with Crippen molar-refractivity contribution in [2.45, 2.75) is 44.9 Å². The van der Waals surface area contributed by atoms with E-state index in [1.807, 2.05) is 42.5 Å². The first-order chi connectivity index (χ1) is 23.4. The van der Waals surface area contributed by atoms with Crippen LogP contribution in [0.1, 0.15) is 36.5 Å². The molecule has 0 aliphatic carbocycles. The summed E-state index contributed by atoms with van der Waals surface area (Å²) in [6.07, 6.45) is -2.73. The summed E-state index contributed by atoms with van der Waals surface area (Å²) in [5, 5.41) is 20.5. The fraction of sp³-hybridized carbons (Fsp3) is 0.294. The Morgan fingerprint density at radius 2 is 1.61 bits per heavy atom. The lowest BCUT2D eigenvalue weighted by atomic mass is 9.97. The van der Waals surface area contributed by atoms with Crippen LogP contribution in [0.3, 0.4) is 0 Å². The van der Waals surface area contributed by atoms with Gasteiger partial charge in [0.05, 0.1) is 12.8 Å². The molecule has 49 heavy (non-hydrogen) atoms. The normalized spacial score (nSPS) is 12.8. The molecule has 0 fully saturated rings. The third-order valence-electron chi connectivity index (χ3n) is 7.32. The second kappa shape index (κ2) is 17.1. The maximum Gasteiger partial charge on any atom is 0.407 e. The Morgan fingerprint density at radius 3 is 2.27 bits per heavy atom. The molecule has 258 valence electrons. The molecular weight excluding hydrogens is 658 g/mol. The number of amides is 2. The Balaban J connectivity index is 1.45. The number of carbonyl (C=O) groups excluding carboxylic acids is 4. The molecule has 2 amide bonds. The molecule has 3 atom stereocenters. The summed E-state index contributed by atoms with van der Waals surface area (Å²) in [6, 6.07) is 21.3. The number of aromatic nitrogens is 3. The van der Waals surface area contributed by atoms with Gasteiger partial charge >= 0.3 is 23.7 Å². The lowest BCUT2D eigenvalue weighted by Crippen LogP contribution is -2.45. The molecule has 0 aliphatic rings. The number of halogens is 1. The molecule has 15 heteroatoms. The predicted molar refractivity (Wildman–Crippen MR) is 178 cm³/mol. The van der Waals surface area contributed by atoms with E-state index in [0.717, 1.165) is 28.5 Å². The molecule has 0 spiro atoms. The van der Waals surface area contributed by atoms with Crippen molar-refractivity contribution < 1.29 is 38.5 Å². The number of rotatable bonds is 14. The van der Waals surface area contributed by atoms with Gasteiger partial charge in [-0.15, -0.1) is 5.10 Å². The van der Waals surface area contributed by atoms with Gasteiger partial charge in [0.25, 0.3) is 5.91 Å². The molecule has 0 radical (unpaired) electrons. The lowest BCUT2D eigenvalue weighted by molar-refractivity contribution is -0.175. The van der Waals surface area contributed by atoms with Crippen LogP contribution in [-0.2, 0) is 30.2 Å². The highest BCUT2D eigenvalue weighted by molar-refractivity contribution is 6.30. The first-order valence-electron chi connectivity index (χ1n) is 15.2. The van der Waals surface area contributed by atoms with Crippen LogP contribution in [0.5, 0.6) is 0 Å². The quantitative estimate of drug-likeness (QED) is 0.112. The number of aliphatic hydroxyl groups excluding tert-OH is 1. The predicted octanol–water partition coefficient (Wildman–Crippen LogP) is 3.40. The molecule has 4 rings (SSSR count). The molecule has 3 aromatic carbocycles. The summed E-state index contributed by atoms with van der Waals surface area (Å²) >= 11 is 6.14. The minimum Gasteiger partial charge on any atom is -0.453 e. The minimum absolute atomic E-state index is 0.166. The average Bonchev–Trinajstić information content (AvgIpc) is 3.49. The number of nitrogens with one attached hydrogen (secondary N) is 3. The first kappa shape index (κ1) is 36.4. The van der Waals surface area contributed by atoms with Crippen LogP contribution in [0, 0.1) is 5.92 Å². The smallest absolute Gasteiger partial charge is 0.407 e. The number of aliphatic hydroxyl groups is 1. The number of aromatic amines is 1. The molecule has 1 heterocycles. The number of alkyl carbamates (subject to hydrolysis) is 1. The van der Waals surface area contributed by atoms with Crippen LogP contribution in [-0.4, -0.2) is 75.9 Å². The van der Waals surface area contributed by atoms with E-state index in [0.29, 0.717) is 10.7 Å². The Morgan fingerprint density at radius 1 is 0.918 bits per heavy atom. The van der Waals surface area contributed by atoms with Crippen molar-refractivity contribution in [2.75, 3.05) is 13.9 Å². The van der Waals surface area contributed by atoms with Crippen LogP contribution >= 0.6 is 11.6 Å². The van der Waals surface area contributed by atoms with Gasteiger partial charge < -0.3 is 30.0 Å². The number of H-pyrrole nitrogens is 1.